The van der Waals surface area contributed by atoms with Crippen molar-refractivity contribution in [3.05, 3.63) is 108 Å². The molecule has 0 spiro atoms. The number of rotatable bonds is 5. The van der Waals surface area contributed by atoms with E-state index in [9.17, 15) is 0 Å². The molecule has 3 aromatic carbocycles. The molecule has 0 saturated carbocycles. The van der Waals surface area contributed by atoms with E-state index in [1.165, 1.54) is 16.7 Å². The molecule has 0 atom stereocenters. The third kappa shape index (κ3) is 2.67. The molecule has 0 bridgehead atoms. The van der Waals surface area contributed by atoms with Crippen LogP contribution in [0.3, 0.4) is 0 Å². The zero-order valence-electron chi connectivity index (χ0n) is 14.3. The van der Waals surface area contributed by atoms with E-state index < -0.39 is 0 Å². The predicted octanol–water partition coefficient (Wildman–Crippen LogP) is 5.98. The van der Waals surface area contributed by atoms with Crippen LogP contribution >= 0.6 is 12.6 Å². The Bertz CT molecular complexity index is 664. The first-order valence-corrected chi connectivity index (χ1v) is 9.03. The number of hydrogen-bond acceptors (Lipinski definition) is 1. The Morgan fingerprint density at radius 2 is 0.875 bits per heavy atom. The first-order chi connectivity index (χ1) is 11.6. The number of benzene rings is 3. The molecular weight excluding hydrogens is 308 g/mol. The van der Waals surface area contributed by atoms with Crippen LogP contribution in [0.15, 0.2) is 91.0 Å². The summed E-state index contributed by atoms with van der Waals surface area (Å²) in [5, 5.41) is 0. The van der Waals surface area contributed by atoms with Crippen molar-refractivity contribution in [1.29, 1.82) is 0 Å². The van der Waals surface area contributed by atoms with Gasteiger partial charge in [-0.25, -0.2) is 0 Å². The van der Waals surface area contributed by atoms with Crippen LogP contribution in [-0.2, 0) is 5.41 Å². The summed E-state index contributed by atoms with van der Waals surface area (Å²) in [5.41, 5.74) is 3.60. The van der Waals surface area contributed by atoms with E-state index >= 15 is 0 Å². The lowest BCUT2D eigenvalue weighted by Crippen LogP contribution is -2.45. The lowest BCUT2D eigenvalue weighted by Gasteiger charge is -2.48. The zero-order valence-corrected chi connectivity index (χ0v) is 15.2. The van der Waals surface area contributed by atoms with Crippen LogP contribution in [0.4, 0.5) is 0 Å². The van der Waals surface area contributed by atoms with Gasteiger partial charge in [-0.15, -0.1) is 0 Å². The van der Waals surface area contributed by atoms with Gasteiger partial charge in [0.25, 0.3) is 0 Å². The van der Waals surface area contributed by atoms with Crippen LogP contribution in [0, 0.1) is 5.41 Å². The molecule has 3 rings (SSSR count). The molecule has 24 heavy (non-hydrogen) atoms. The number of hydrogen-bond donors (Lipinski definition) is 1. The summed E-state index contributed by atoms with van der Waals surface area (Å²) >= 11 is 4.75. The highest BCUT2D eigenvalue weighted by Crippen LogP contribution is 2.52. The van der Waals surface area contributed by atoms with Gasteiger partial charge in [-0.2, -0.15) is 12.6 Å². The van der Waals surface area contributed by atoms with Crippen molar-refractivity contribution in [3.63, 3.8) is 0 Å². The van der Waals surface area contributed by atoms with Crippen LogP contribution in [0.1, 0.15) is 30.5 Å². The van der Waals surface area contributed by atoms with Crippen molar-refractivity contribution in [1.82, 2.24) is 0 Å². The highest BCUT2D eigenvalue weighted by Gasteiger charge is 2.48. The van der Waals surface area contributed by atoms with E-state index in [-0.39, 0.29) is 10.8 Å². The summed E-state index contributed by atoms with van der Waals surface area (Å²) in [6, 6.07) is 32.5. The lowest BCUT2D eigenvalue weighted by molar-refractivity contribution is 0.280. The van der Waals surface area contributed by atoms with Gasteiger partial charge in [0.1, 0.15) is 0 Å². The summed E-state index contributed by atoms with van der Waals surface area (Å²) in [7, 11) is 0. The summed E-state index contributed by atoms with van der Waals surface area (Å²) in [6.07, 6.45) is 0. The molecule has 0 heterocycles. The van der Waals surface area contributed by atoms with Gasteiger partial charge in [0, 0.05) is 0 Å². The second kappa shape index (κ2) is 6.86. The monoisotopic (exact) mass is 332 g/mol. The van der Waals surface area contributed by atoms with Gasteiger partial charge in [-0.05, 0) is 27.9 Å². The molecule has 3 aromatic rings. The van der Waals surface area contributed by atoms with E-state index in [1.54, 1.807) is 0 Å². The van der Waals surface area contributed by atoms with E-state index in [2.05, 4.69) is 105 Å². The van der Waals surface area contributed by atoms with Crippen molar-refractivity contribution < 1.29 is 0 Å². The summed E-state index contributed by atoms with van der Waals surface area (Å²) in [5.74, 6) is 0.783. The first kappa shape index (κ1) is 16.9. The van der Waals surface area contributed by atoms with Gasteiger partial charge in [0.15, 0.2) is 0 Å². The van der Waals surface area contributed by atoms with Gasteiger partial charge >= 0.3 is 0 Å². The van der Waals surface area contributed by atoms with E-state index in [4.69, 9.17) is 12.6 Å². The van der Waals surface area contributed by atoms with E-state index in [1.807, 2.05) is 0 Å². The maximum atomic E-state index is 4.75. The molecule has 0 aliphatic carbocycles. The fourth-order valence-electron chi connectivity index (χ4n) is 3.86. The Kier molecular flexibility index (Phi) is 4.82. The van der Waals surface area contributed by atoms with Crippen LogP contribution in [0.5, 0.6) is 0 Å². The van der Waals surface area contributed by atoms with Gasteiger partial charge in [-0.3, -0.25) is 0 Å². The third-order valence-corrected chi connectivity index (χ3v) is 5.82. The topological polar surface area (TPSA) is 0 Å². The molecule has 0 aliphatic heterocycles. The smallest absolute Gasteiger partial charge is 0.0509 e. The van der Waals surface area contributed by atoms with Crippen molar-refractivity contribution in [2.75, 3.05) is 5.75 Å². The molecule has 0 radical (unpaired) electrons. The molecule has 0 unspecified atom stereocenters. The van der Waals surface area contributed by atoms with Gasteiger partial charge in [-0.1, -0.05) is 105 Å². The van der Waals surface area contributed by atoms with Crippen molar-refractivity contribution in [2.45, 2.75) is 19.3 Å². The van der Waals surface area contributed by atoms with E-state index in [0.717, 1.165) is 5.75 Å². The lowest BCUT2D eigenvalue weighted by atomic mass is 9.56. The van der Waals surface area contributed by atoms with Crippen LogP contribution in [0.25, 0.3) is 0 Å². The first-order valence-electron chi connectivity index (χ1n) is 8.40. The second-order valence-electron chi connectivity index (χ2n) is 6.89. The minimum atomic E-state index is -0.251. The predicted molar refractivity (Wildman–Crippen MR) is 107 cm³/mol. The summed E-state index contributed by atoms with van der Waals surface area (Å²) in [4.78, 5) is 0. The van der Waals surface area contributed by atoms with Crippen LogP contribution < -0.4 is 0 Å². The van der Waals surface area contributed by atoms with E-state index in [0.29, 0.717) is 0 Å². The molecule has 0 saturated heterocycles. The minimum absolute atomic E-state index is 0.0693. The molecule has 0 nitrogen and oxygen atoms in total. The Morgan fingerprint density at radius 3 is 1.12 bits per heavy atom. The van der Waals surface area contributed by atoms with Crippen LogP contribution in [-0.4, -0.2) is 5.75 Å². The Morgan fingerprint density at radius 1 is 0.583 bits per heavy atom. The standard InChI is InChI=1S/C23H24S/c1-22(2,18-24)23(19-12-6-3-7-13-19,20-14-8-4-9-15-20)21-16-10-5-11-17-21/h3-17,24H,18H2,1-2H3. The highest BCUT2D eigenvalue weighted by atomic mass is 32.1. The Hall–Kier alpha value is -1.99. The van der Waals surface area contributed by atoms with Gasteiger partial charge < -0.3 is 0 Å². The quantitative estimate of drug-likeness (QED) is 0.431. The van der Waals surface area contributed by atoms with Crippen molar-refractivity contribution in [2.24, 2.45) is 5.41 Å². The van der Waals surface area contributed by atoms with Crippen LogP contribution in [0.2, 0.25) is 0 Å². The van der Waals surface area contributed by atoms with Gasteiger partial charge in [0.05, 0.1) is 5.41 Å². The highest BCUT2D eigenvalue weighted by molar-refractivity contribution is 7.80. The molecule has 0 amide bonds. The molecule has 0 N–H and O–H groups in total. The second-order valence-corrected chi connectivity index (χ2v) is 7.21. The molecular formula is C23H24S. The zero-order chi connectivity index (χ0) is 17.0. The Labute approximate surface area is 151 Å². The number of thiol groups is 1. The third-order valence-electron chi connectivity index (χ3n) is 5.03. The molecule has 0 aliphatic rings. The maximum Gasteiger partial charge on any atom is 0.0509 e. The Balaban J connectivity index is 2.42. The molecule has 1 heteroatoms. The summed E-state index contributed by atoms with van der Waals surface area (Å²) in [6.45, 7) is 4.62. The molecule has 122 valence electrons. The SMILES string of the molecule is CC(C)(CS)C(c1ccccc1)(c1ccccc1)c1ccccc1. The largest absolute Gasteiger partial charge is 0.179 e. The average Bonchev–Trinajstić information content (AvgIpc) is 2.65. The fourth-order valence-corrected chi connectivity index (χ4v) is 4.09. The normalized spacial score (nSPS) is 12.1. The molecule has 0 aromatic heterocycles. The average molecular weight is 333 g/mol. The van der Waals surface area contributed by atoms with Gasteiger partial charge in [0.2, 0.25) is 0 Å². The van der Waals surface area contributed by atoms with Crippen molar-refractivity contribution >= 4 is 12.6 Å². The van der Waals surface area contributed by atoms with Crippen molar-refractivity contribution in [3.8, 4) is 0 Å². The minimum Gasteiger partial charge on any atom is -0.179 e. The fraction of sp³-hybridized carbons (Fsp3) is 0.217. The molecule has 0 fully saturated rings. The maximum absolute atomic E-state index is 4.75. The summed E-state index contributed by atoms with van der Waals surface area (Å²) < 4.78 is 0.